The molecule has 0 saturated heterocycles. The third-order valence-corrected chi connectivity index (χ3v) is 6.81. The van der Waals surface area contributed by atoms with Crippen LogP contribution in [0.15, 0.2) is 67.1 Å². The molecule has 4 rings (SSSR count). The average molecular weight is 617 g/mol. The second-order valence-electron chi connectivity index (χ2n) is 11.9. The van der Waals surface area contributed by atoms with Crippen molar-refractivity contribution in [1.82, 2.24) is 19.9 Å². The van der Waals surface area contributed by atoms with Crippen molar-refractivity contribution >= 4 is 52.1 Å². The van der Waals surface area contributed by atoms with Crippen molar-refractivity contribution in [1.29, 1.82) is 0 Å². The Labute approximate surface area is 262 Å². The van der Waals surface area contributed by atoms with Gasteiger partial charge in [0.2, 0.25) is 5.91 Å². The minimum Gasteiger partial charge on any atom is -0.464 e. The van der Waals surface area contributed by atoms with Gasteiger partial charge < -0.3 is 29.7 Å². The van der Waals surface area contributed by atoms with Gasteiger partial charge in [-0.15, -0.1) is 0 Å². The van der Waals surface area contributed by atoms with E-state index < -0.39 is 35.2 Å². The van der Waals surface area contributed by atoms with Gasteiger partial charge in [-0.2, -0.15) is 0 Å². The van der Waals surface area contributed by atoms with Crippen molar-refractivity contribution in [2.45, 2.75) is 72.1 Å². The first-order chi connectivity index (χ1) is 21.3. The number of carbonyl (C=O) groups excluding carboxylic acids is 4. The fourth-order valence-corrected chi connectivity index (χ4v) is 4.73. The first-order valence-corrected chi connectivity index (χ1v) is 14.8. The quantitative estimate of drug-likeness (QED) is 0.190. The number of aromatic amines is 1. The number of para-hydroxylation sites is 1. The third kappa shape index (κ3) is 7.51. The number of aromatic nitrogens is 3. The summed E-state index contributed by atoms with van der Waals surface area (Å²) in [4.78, 5) is 61.9. The summed E-state index contributed by atoms with van der Waals surface area (Å²) in [5, 5.41) is 6.11. The standard InChI is InChI=1S/C33H40N6O6/c1-8-25(40)39(24-19-38(20-34-24)26(29(41)44-9-2)21-15-11-10-12-16-21)27-22-17-13-14-18-23(22)35-28(27)36-30(42)33(6,7)37-31(43)45-32(3,4)5/h10-20,26,35H,8-9H2,1-7H3,(H,36,42)(H,37,43). The van der Waals surface area contributed by atoms with Gasteiger partial charge >= 0.3 is 12.1 Å². The Morgan fingerprint density at radius 2 is 1.64 bits per heavy atom. The van der Waals surface area contributed by atoms with Crippen LogP contribution in [0.3, 0.4) is 0 Å². The van der Waals surface area contributed by atoms with Crippen LogP contribution in [0.1, 0.15) is 66.5 Å². The maximum absolute atomic E-state index is 13.6. The van der Waals surface area contributed by atoms with E-state index in [1.165, 1.54) is 11.2 Å². The van der Waals surface area contributed by atoms with Gasteiger partial charge in [0.15, 0.2) is 11.9 Å². The molecule has 3 amide bonds. The molecule has 45 heavy (non-hydrogen) atoms. The van der Waals surface area contributed by atoms with E-state index in [9.17, 15) is 19.2 Å². The molecule has 2 aromatic carbocycles. The van der Waals surface area contributed by atoms with Crippen molar-refractivity contribution in [3.63, 3.8) is 0 Å². The molecule has 0 bridgehead atoms. The number of hydrogen-bond acceptors (Lipinski definition) is 7. The van der Waals surface area contributed by atoms with E-state index in [-0.39, 0.29) is 30.6 Å². The van der Waals surface area contributed by atoms with Crippen molar-refractivity contribution in [3.05, 3.63) is 72.7 Å². The molecule has 0 fully saturated rings. The number of amides is 3. The lowest BCUT2D eigenvalue weighted by Gasteiger charge is -2.28. The van der Waals surface area contributed by atoms with E-state index in [4.69, 9.17) is 9.47 Å². The van der Waals surface area contributed by atoms with E-state index in [1.54, 1.807) is 59.2 Å². The Morgan fingerprint density at radius 3 is 2.29 bits per heavy atom. The largest absolute Gasteiger partial charge is 0.464 e. The van der Waals surface area contributed by atoms with Crippen LogP contribution < -0.4 is 15.5 Å². The molecule has 238 valence electrons. The van der Waals surface area contributed by atoms with Crippen LogP contribution in [0.5, 0.6) is 0 Å². The van der Waals surface area contributed by atoms with Gasteiger partial charge in [-0.05, 0) is 53.2 Å². The van der Waals surface area contributed by atoms with Gasteiger partial charge in [0, 0.05) is 23.5 Å². The van der Waals surface area contributed by atoms with Crippen LogP contribution in [0.25, 0.3) is 10.9 Å². The Morgan fingerprint density at radius 1 is 0.978 bits per heavy atom. The highest BCUT2D eigenvalue weighted by molar-refractivity contribution is 6.14. The summed E-state index contributed by atoms with van der Waals surface area (Å²) >= 11 is 0. The molecule has 0 radical (unpaired) electrons. The molecule has 12 nitrogen and oxygen atoms in total. The smallest absolute Gasteiger partial charge is 0.408 e. The van der Waals surface area contributed by atoms with Crippen LogP contribution in [-0.4, -0.2) is 56.2 Å². The van der Waals surface area contributed by atoms with Crippen LogP contribution in [-0.2, 0) is 23.9 Å². The summed E-state index contributed by atoms with van der Waals surface area (Å²) in [5.74, 6) is -0.873. The van der Waals surface area contributed by atoms with Crippen molar-refractivity contribution in [2.24, 2.45) is 0 Å². The van der Waals surface area contributed by atoms with Crippen molar-refractivity contribution in [2.75, 3.05) is 16.8 Å². The van der Waals surface area contributed by atoms with Crippen molar-refractivity contribution < 1.29 is 28.7 Å². The van der Waals surface area contributed by atoms with Gasteiger partial charge in [0.05, 0.1) is 12.9 Å². The highest BCUT2D eigenvalue weighted by Crippen LogP contribution is 2.40. The number of fused-ring (bicyclic) bond motifs is 1. The number of benzene rings is 2. The lowest BCUT2D eigenvalue weighted by atomic mass is 10.0. The number of rotatable bonds is 10. The molecule has 2 heterocycles. The molecular weight excluding hydrogens is 576 g/mol. The Bertz CT molecular complexity index is 1680. The number of esters is 1. The molecule has 3 N–H and O–H groups in total. The van der Waals surface area contributed by atoms with Gasteiger partial charge in [0.25, 0.3) is 5.91 Å². The molecule has 12 heteroatoms. The molecule has 4 aromatic rings. The number of hydrogen-bond donors (Lipinski definition) is 3. The van der Waals surface area contributed by atoms with Crippen molar-refractivity contribution in [3.8, 4) is 0 Å². The summed E-state index contributed by atoms with van der Waals surface area (Å²) in [6.07, 6.45) is 2.44. The monoisotopic (exact) mass is 616 g/mol. The summed E-state index contributed by atoms with van der Waals surface area (Å²) in [6, 6.07) is 15.6. The predicted octanol–water partition coefficient (Wildman–Crippen LogP) is 5.83. The maximum atomic E-state index is 13.6. The van der Waals surface area contributed by atoms with Gasteiger partial charge in [-0.1, -0.05) is 55.5 Å². The maximum Gasteiger partial charge on any atom is 0.408 e. The van der Waals surface area contributed by atoms with E-state index in [0.717, 1.165) is 0 Å². The molecule has 0 aliphatic carbocycles. The van der Waals surface area contributed by atoms with E-state index in [0.29, 0.717) is 22.2 Å². The predicted molar refractivity (Wildman–Crippen MR) is 171 cm³/mol. The number of H-pyrrole nitrogens is 1. The van der Waals surface area contributed by atoms with Crippen LogP contribution >= 0.6 is 0 Å². The molecule has 0 saturated carbocycles. The summed E-state index contributed by atoms with van der Waals surface area (Å²) < 4.78 is 12.3. The summed E-state index contributed by atoms with van der Waals surface area (Å²) in [7, 11) is 0. The van der Waals surface area contributed by atoms with Gasteiger partial charge in [0.1, 0.15) is 22.6 Å². The number of alkyl carbamates (subject to hydrolysis) is 1. The summed E-state index contributed by atoms with van der Waals surface area (Å²) in [6.45, 7) is 11.9. The van der Waals surface area contributed by atoms with Gasteiger partial charge in [-0.25, -0.2) is 14.6 Å². The number of nitrogens with zero attached hydrogens (tertiary/aromatic N) is 3. The molecule has 1 unspecified atom stereocenters. The molecule has 0 spiro atoms. The van der Waals surface area contributed by atoms with Gasteiger partial charge in [-0.3, -0.25) is 14.5 Å². The SMILES string of the molecule is CCOC(=O)C(c1ccccc1)n1cnc(N(C(=O)CC)c2c(NC(=O)C(C)(C)NC(=O)OC(C)(C)C)[nH]c3ccccc23)c1. The second kappa shape index (κ2) is 13.2. The second-order valence-corrected chi connectivity index (χ2v) is 11.9. The molecular formula is C33H40N6O6. The Kier molecular flexibility index (Phi) is 9.65. The minimum absolute atomic E-state index is 0.117. The number of nitrogens with one attached hydrogen (secondary N) is 3. The first-order valence-electron chi connectivity index (χ1n) is 14.8. The molecule has 1 atom stereocenters. The Hall–Kier alpha value is -5.13. The zero-order valence-corrected chi connectivity index (χ0v) is 26.6. The molecule has 2 aromatic heterocycles. The fraction of sp³-hybridized carbons (Fsp3) is 0.364. The lowest BCUT2D eigenvalue weighted by molar-refractivity contribution is -0.145. The summed E-state index contributed by atoms with van der Waals surface area (Å²) in [5.41, 5.74) is -0.439. The normalized spacial score (nSPS) is 12.3. The lowest BCUT2D eigenvalue weighted by Crippen LogP contribution is -2.53. The number of imidazole rings is 1. The van der Waals surface area contributed by atoms with Crippen LogP contribution in [0.2, 0.25) is 0 Å². The average Bonchev–Trinajstić information content (AvgIpc) is 3.58. The highest BCUT2D eigenvalue weighted by Gasteiger charge is 2.35. The number of anilines is 3. The number of carbonyl (C=O) groups is 4. The zero-order valence-electron chi connectivity index (χ0n) is 26.6. The van der Waals surface area contributed by atoms with E-state index in [1.807, 2.05) is 54.6 Å². The van der Waals surface area contributed by atoms with Crippen LogP contribution in [0, 0.1) is 0 Å². The molecule has 0 aliphatic heterocycles. The van der Waals surface area contributed by atoms with Crippen LogP contribution in [0.4, 0.5) is 22.1 Å². The Balaban J connectivity index is 1.77. The number of ether oxygens (including phenoxy) is 2. The fourth-order valence-electron chi connectivity index (χ4n) is 4.73. The van der Waals surface area contributed by atoms with E-state index >= 15 is 0 Å². The third-order valence-electron chi connectivity index (χ3n) is 6.81. The zero-order chi connectivity index (χ0) is 32.9. The van der Waals surface area contributed by atoms with E-state index in [2.05, 4.69) is 20.6 Å². The first kappa shape index (κ1) is 32.8. The molecule has 0 aliphatic rings. The topological polar surface area (TPSA) is 148 Å². The minimum atomic E-state index is -1.39. The highest BCUT2D eigenvalue weighted by atomic mass is 16.6.